The molecule has 1 N–H and O–H groups in total. The van der Waals surface area contributed by atoms with E-state index >= 15 is 0 Å². The van der Waals surface area contributed by atoms with Crippen molar-refractivity contribution in [1.82, 2.24) is 9.78 Å². The topological polar surface area (TPSA) is 46.9 Å². The Bertz CT molecular complexity index is 609. The van der Waals surface area contributed by atoms with Gasteiger partial charge in [-0.2, -0.15) is 5.10 Å². The molecule has 21 heavy (non-hydrogen) atoms. The third kappa shape index (κ3) is 4.08. The zero-order valence-electron chi connectivity index (χ0n) is 12.3. The maximum Gasteiger partial charge on any atom is 0.225 e. The minimum Gasteiger partial charge on any atom is -0.311 e. The summed E-state index contributed by atoms with van der Waals surface area (Å²) < 4.78 is 1.84. The first kappa shape index (κ1) is 15.6. The first-order valence-electron chi connectivity index (χ1n) is 7.18. The Morgan fingerprint density at radius 2 is 2.14 bits per heavy atom. The summed E-state index contributed by atoms with van der Waals surface area (Å²) in [6.45, 7) is 4.17. The van der Waals surface area contributed by atoms with E-state index in [-0.39, 0.29) is 11.9 Å². The molecule has 0 saturated carbocycles. The van der Waals surface area contributed by atoms with Crippen LogP contribution in [0.1, 0.15) is 38.3 Å². The van der Waals surface area contributed by atoms with Crippen LogP contribution >= 0.6 is 11.6 Å². The molecule has 112 valence electrons. The van der Waals surface area contributed by atoms with Gasteiger partial charge in [0.25, 0.3) is 0 Å². The molecule has 1 amide bonds. The molecule has 4 nitrogen and oxygen atoms in total. The SMILES string of the molecule is CCC(C)n1nccc1NC(=O)CCc1ccccc1Cl. The summed E-state index contributed by atoms with van der Waals surface area (Å²) in [6, 6.07) is 9.68. The summed E-state index contributed by atoms with van der Waals surface area (Å²) in [6.07, 6.45) is 3.69. The van der Waals surface area contributed by atoms with Crippen LogP contribution in [-0.2, 0) is 11.2 Å². The highest BCUT2D eigenvalue weighted by molar-refractivity contribution is 6.31. The van der Waals surface area contributed by atoms with Crippen molar-refractivity contribution < 1.29 is 4.79 Å². The van der Waals surface area contributed by atoms with Gasteiger partial charge < -0.3 is 5.32 Å². The summed E-state index contributed by atoms with van der Waals surface area (Å²) in [5.74, 6) is 0.716. The van der Waals surface area contributed by atoms with Gasteiger partial charge in [-0.15, -0.1) is 0 Å². The van der Waals surface area contributed by atoms with Gasteiger partial charge in [0, 0.05) is 17.5 Å². The van der Waals surface area contributed by atoms with E-state index in [9.17, 15) is 4.79 Å². The molecule has 0 fully saturated rings. The number of benzene rings is 1. The van der Waals surface area contributed by atoms with Crippen LogP contribution < -0.4 is 5.32 Å². The number of anilines is 1. The molecule has 0 bridgehead atoms. The minimum absolute atomic E-state index is 0.0278. The highest BCUT2D eigenvalue weighted by Gasteiger charge is 2.11. The largest absolute Gasteiger partial charge is 0.311 e. The minimum atomic E-state index is -0.0278. The molecule has 0 spiro atoms. The number of hydrogen-bond acceptors (Lipinski definition) is 2. The van der Waals surface area contributed by atoms with Gasteiger partial charge in [0.1, 0.15) is 5.82 Å². The average molecular weight is 306 g/mol. The fraction of sp³-hybridized carbons (Fsp3) is 0.375. The Labute approximate surface area is 130 Å². The van der Waals surface area contributed by atoms with Gasteiger partial charge in [0.2, 0.25) is 5.91 Å². The molecule has 0 aliphatic rings. The van der Waals surface area contributed by atoms with Crippen molar-refractivity contribution in [3.8, 4) is 0 Å². The molecule has 2 rings (SSSR count). The van der Waals surface area contributed by atoms with Crippen LogP contribution in [0, 0.1) is 0 Å². The van der Waals surface area contributed by atoms with Gasteiger partial charge >= 0.3 is 0 Å². The number of aryl methyl sites for hydroxylation is 1. The van der Waals surface area contributed by atoms with Gasteiger partial charge in [-0.05, 0) is 31.4 Å². The highest BCUT2D eigenvalue weighted by Crippen LogP contribution is 2.18. The van der Waals surface area contributed by atoms with Crippen molar-refractivity contribution in [1.29, 1.82) is 0 Å². The standard InChI is InChI=1S/C16H20ClN3O/c1-3-12(2)20-15(10-11-18-20)19-16(21)9-8-13-6-4-5-7-14(13)17/h4-7,10-12H,3,8-9H2,1-2H3,(H,19,21). The van der Waals surface area contributed by atoms with Crippen LogP contribution in [0.25, 0.3) is 0 Å². The Kier molecular flexibility index (Phi) is 5.39. The summed E-state index contributed by atoms with van der Waals surface area (Å²) in [5, 5.41) is 7.87. The van der Waals surface area contributed by atoms with Gasteiger partial charge in [0.05, 0.1) is 12.2 Å². The molecule has 1 unspecified atom stereocenters. The van der Waals surface area contributed by atoms with Crippen molar-refractivity contribution in [2.75, 3.05) is 5.32 Å². The predicted molar refractivity (Wildman–Crippen MR) is 85.6 cm³/mol. The second kappa shape index (κ2) is 7.27. The number of hydrogen-bond donors (Lipinski definition) is 1. The van der Waals surface area contributed by atoms with E-state index in [4.69, 9.17) is 11.6 Å². The van der Waals surface area contributed by atoms with E-state index in [1.165, 1.54) is 0 Å². The molecule has 1 aromatic carbocycles. The molecular weight excluding hydrogens is 286 g/mol. The van der Waals surface area contributed by atoms with Gasteiger partial charge in [0.15, 0.2) is 0 Å². The average Bonchev–Trinajstić information content (AvgIpc) is 2.93. The third-order valence-corrected chi connectivity index (χ3v) is 3.89. The third-order valence-electron chi connectivity index (χ3n) is 3.53. The number of halogens is 1. The zero-order chi connectivity index (χ0) is 15.2. The van der Waals surface area contributed by atoms with Gasteiger partial charge in [-0.25, -0.2) is 4.68 Å². The maximum atomic E-state index is 12.1. The molecule has 0 radical (unpaired) electrons. The Hall–Kier alpha value is -1.81. The van der Waals surface area contributed by atoms with Crippen molar-refractivity contribution in [3.05, 3.63) is 47.1 Å². The predicted octanol–water partition coefficient (Wildman–Crippen LogP) is 4.08. The quantitative estimate of drug-likeness (QED) is 0.874. The van der Waals surface area contributed by atoms with Gasteiger partial charge in [-0.1, -0.05) is 36.7 Å². The van der Waals surface area contributed by atoms with Crippen LogP contribution in [0.2, 0.25) is 5.02 Å². The molecule has 0 aliphatic carbocycles. The van der Waals surface area contributed by atoms with Crippen LogP contribution in [0.15, 0.2) is 36.5 Å². The second-order valence-electron chi connectivity index (χ2n) is 5.06. The molecular formula is C16H20ClN3O. The van der Waals surface area contributed by atoms with E-state index in [0.717, 1.165) is 17.8 Å². The number of nitrogens with zero attached hydrogens (tertiary/aromatic N) is 2. The molecule has 0 aliphatic heterocycles. The first-order chi connectivity index (χ1) is 10.1. The number of rotatable bonds is 6. The van der Waals surface area contributed by atoms with E-state index in [0.29, 0.717) is 17.9 Å². The highest BCUT2D eigenvalue weighted by atomic mass is 35.5. The smallest absolute Gasteiger partial charge is 0.225 e. The van der Waals surface area contributed by atoms with Crippen LogP contribution in [0.5, 0.6) is 0 Å². The maximum absolute atomic E-state index is 12.1. The number of carbonyl (C=O) groups excluding carboxylic acids is 1. The summed E-state index contributed by atoms with van der Waals surface area (Å²) in [4.78, 5) is 12.1. The van der Waals surface area contributed by atoms with Crippen molar-refractivity contribution >= 4 is 23.3 Å². The number of aromatic nitrogens is 2. The monoisotopic (exact) mass is 305 g/mol. The fourth-order valence-electron chi connectivity index (χ4n) is 2.09. The zero-order valence-corrected chi connectivity index (χ0v) is 13.1. The lowest BCUT2D eigenvalue weighted by Gasteiger charge is -2.14. The van der Waals surface area contributed by atoms with Crippen molar-refractivity contribution in [2.45, 2.75) is 39.2 Å². The van der Waals surface area contributed by atoms with Crippen LogP contribution in [-0.4, -0.2) is 15.7 Å². The first-order valence-corrected chi connectivity index (χ1v) is 7.56. The lowest BCUT2D eigenvalue weighted by molar-refractivity contribution is -0.116. The Balaban J connectivity index is 1.94. The van der Waals surface area contributed by atoms with E-state index < -0.39 is 0 Å². The molecule has 1 aromatic heterocycles. The Morgan fingerprint density at radius 3 is 2.86 bits per heavy atom. The van der Waals surface area contributed by atoms with Crippen molar-refractivity contribution in [2.24, 2.45) is 0 Å². The number of carbonyl (C=O) groups is 1. The van der Waals surface area contributed by atoms with Crippen LogP contribution in [0.3, 0.4) is 0 Å². The van der Waals surface area contributed by atoms with Crippen LogP contribution in [0.4, 0.5) is 5.82 Å². The molecule has 1 heterocycles. The Morgan fingerprint density at radius 1 is 1.38 bits per heavy atom. The fourth-order valence-corrected chi connectivity index (χ4v) is 2.32. The second-order valence-corrected chi connectivity index (χ2v) is 5.47. The van der Waals surface area contributed by atoms with E-state index in [1.54, 1.807) is 6.20 Å². The van der Waals surface area contributed by atoms with Crippen molar-refractivity contribution in [3.63, 3.8) is 0 Å². The molecule has 5 heteroatoms. The lowest BCUT2D eigenvalue weighted by atomic mass is 10.1. The molecule has 0 saturated heterocycles. The number of nitrogens with one attached hydrogen (secondary N) is 1. The van der Waals surface area contributed by atoms with E-state index in [1.807, 2.05) is 35.0 Å². The molecule has 2 aromatic rings. The normalized spacial score (nSPS) is 12.1. The van der Waals surface area contributed by atoms with Gasteiger partial charge in [-0.3, -0.25) is 4.79 Å². The number of amides is 1. The molecule has 1 atom stereocenters. The lowest BCUT2D eigenvalue weighted by Crippen LogP contribution is -2.17. The summed E-state index contributed by atoms with van der Waals surface area (Å²) in [5.41, 5.74) is 0.991. The summed E-state index contributed by atoms with van der Waals surface area (Å²) in [7, 11) is 0. The summed E-state index contributed by atoms with van der Waals surface area (Å²) >= 11 is 6.09. The van der Waals surface area contributed by atoms with E-state index in [2.05, 4.69) is 24.3 Å².